The van der Waals surface area contributed by atoms with Gasteiger partial charge in [-0.2, -0.15) is 0 Å². The number of methoxy groups -OCH3 is 1. The Morgan fingerprint density at radius 3 is 2.62 bits per heavy atom. The molecular weight excluding hydrogens is 372 g/mol. The molecule has 0 aromatic heterocycles. The molecule has 3 rings (SSSR count). The molecule has 2 N–H and O–H groups in total. The van der Waals surface area contributed by atoms with Crippen molar-refractivity contribution in [3.05, 3.63) is 28.2 Å². The van der Waals surface area contributed by atoms with Crippen LogP contribution in [0.15, 0.2) is 22.7 Å². The number of ether oxygens (including phenoxy) is 1. The predicted molar refractivity (Wildman–Crippen MR) is 97.5 cm³/mol. The minimum atomic E-state index is -0.280. The van der Waals surface area contributed by atoms with Crippen molar-refractivity contribution in [1.82, 2.24) is 5.32 Å². The Morgan fingerprint density at radius 1 is 1.25 bits per heavy atom. The van der Waals surface area contributed by atoms with Crippen LogP contribution in [-0.4, -0.2) is 49.5 Å². The first kappa shape index (κ1) is 17.7. The van der Waals surface area contributed by atoms with Crippen molar-refractivity contribution in [1.29, 1.82) is 0 Å². The Bertz CT molecular complexity index is 588. The second-order valence-corrected chi connectivity index (χ2v) is 7.69. The average Bonchev–Trinajstić information content (AvgIpc) is 3.01. The van der Waals surface area contributed by atoms with Gasteiger partial charge >= 0.3 is 0 Å². The number of β-amino-alcohol motifs (C(OH)–C–C–N with tert-alkyl or cyclic N) is 1. The van der Waals surface area contributed by atoms with Gasteiger partial charge in [0.2, 0.25) is 0 Å². The third kappa shape index (κ3) is 4.29. The van der Waals surface area contributed by atoms with Crippen molar-refractivity contribution < 1.29 is 14.6 Å². The average molecular weight is 397 g/mol. The van der Waals surface area contributed by atoms with Crippen LogP contribution in [-0.2, 0) is 4.74 Å². The normalized spacial score (nSPS) is 27.3. The molecule has 1 amide bonds. The molecule has 0 unspecified atom stereocenters. The highest BCUT2D eigenvalue weighted by Gasteiger charge is 2.24. The van der Waals surface area contributed by atoms with E-state index in [4.69, 9.17) is 4.74 Å². The molecule has 2 fully saturated rings. The summed E-state index contributed by atoms with van der Waals surface area (Å²) in [7, 11) is 1.75. The summed E-state index contributed by atoms with van der Waals surface area (Å²) < 4.78 is 6.27. The van der Waals surface area contributed by atoms with Gasteiger partial charge in [0.15, 0.2) is 0 Å². The van der Waals surface area contributed by atoms with Gasteiger partial charge in [0, 0.05) is 42.0 Å². The summed E-state index contributed by atoms with van der Waals surface area (Å²) in [5.74, 6) is -0.0295. The molecule has 1 saturated heterocycles. The van der Waals surface area contributed by atoms with Crippen LogP contribution in [0, 0.1) is 0 Å². The van der Waals surface area contributed by atoms with Gasteiger partial charge in [-0.25, -0.2) is 0 Å². The molecule has 1 aromatic rings. The van der Waals surface area contributed by atoms with Gasteiger partial charge in [-0.3, -0.25) is 4.79 Å². The van der Waals surface area contributed by atoms with E-state index in [-0.39, 0.29) is 18.1 Å². The van der Waals surface area contributed by atoms with E-state index in [0.717, 1.165) is 48.8 Å². The van der Waals surface area contributed by atoms with Gasteiger partial charge in [0.05, 0.1) is 12.2 Å². The van der Waals surface area contributed by atoms with E-state index >= 15 is 0 Å². The molecule has 5 nitrogen and oxygen atoms in total. The SMILES string of the molecule is COC1CCC(NC(=O)c2cc(Br)cc(N3CC[C@H](O)C3)c2)CC1. The van der Waals surface area contributed by atoms with E-state index in [1.54, 1.807) is 7.11 Å². The van der Waals surface area contributed by atoms with Gasteiger partial charge in [-0.05, 0) is 50.3 Å². The second kappa shape index (κ2) is 7.85. The van der Waals surface area contributed by atoms with Crippen LogP contribution >= 0.6 is 15.9 Å². The first-order valence-corrected chi connectivity index (χ1v) is 9.41. The first-order chi connectivity index (χ1) is 11.5. The van der Waals surface area contributed by atoms with Crippen molar-refractivity contribution >= 4 is 27.5 Å². The van der Waals surface area contributed by atoms with Crippen molar-refractivity contribution in [2.24, 2.45) is 0 Å². The molecule has 1 aliphatic carbocycles. The molecule has 1 atom stereocenters. The summed E-state index contributed by atoms with van der Waals surface area (Å²) in [4.78, 5) is 14.7. The van der Waals surface area contributed by atoms with Crippen LogP contribution < -0.4 is 10.2 Å². The summed E-state index contributed by atoms with van der Waals surface area (Å²) >= 11 is 3.50. The fourth-order valence-corrected chi connectivity index (χ4v) is 4.06. The topological polar surface area (TPSA) is 61.8 Å². The third-order valence-corrected chi connectivity index (χ3v) is 5.47. The van der Waals surface area contributed by atoms with E-state index in [2.05, 4.69) is 26.1 Å². The molecule has 1 saturated carbocycles. The molecule has 0 bridgehead atoms. The van der Waals surface area contributed by atoms with Crippen LogP contribution in [0.25, 0.3) is 0 Å². The molecule has 1 aliphatic heterocycles. The van der Waals surface area contributed by atoms with Gasteiger partial charge < -0.3 is 20.1 Å². The van der Waals surface area contributed by atoms with Crippen molar-refractivity contribution in [2.75, 3.05) is 25.1 Å². The van der Waals surface area contributed by atoms with E-state index in [9.17, 15) is 9.90 Å². The molecule has 0 radical (unpaired) electrons. The summed E-state index contributed by atoms with van der Waals surface area (Å²) in [6.45, 7) is 1.44. The molecule has 0 spiro atoms. The van der Waals surface area contributed by atoms with Gasteiger partial charge in [-0.1, -0.05) is 15.9 Å². The lowest BCUT2D eigenvalue weighted by atomic mass is 9.93. The zero-order valence-corrected chi connectivity index (χ0v) is 15.6. The maximum absolute atomic E-state index is 12.6. The second-order valence-electron chi connectivity index (χ2n) is 6.77. The molecule has 132 valence electrons. The van der Waals surface area contributed by atoms with E-state index < -0.39 is 0 Å². The van der Waals surface area contributed by atoms with Gasteiger partial charge in [-0.15, -0.1) is 0 Å². The number of halogens is 1. The lowest BCUT2D eigenvalue weighted by molar-refractivity contribution is 0.0599. The summed E-state index contributed by atoms with van der Waals surface area (Å²) in [5, 5.41) is 12.9. The number of aliphatic hydroxyl groups is 1. The number of rotatable bonds is 4. The van der Waals surface area contributed by atoms with Crippen LogP contribution in [0.4, 0.5) is 5.69 Å². The van der Waals surface area contributed by atoms with Crippen LogP contribution in [0.3, 0.4) is 0 Å². The molecule has 24 heavy (non-hydrogen) atoms. The lowest BCUT2D eigenvalue weighted by Gasteiger charge is -2.28. The number of aliphatic hydroxyl groups excluding tert-OH is 1. The van der Waals surface area contributed by atoms with E-state index in [1.165, 1.54) is 0 Å². The van der Waals surface area contributed by atoms with E-state index in [0.29, 0.717) is 18.2 Å². The fraction of sp³-hybridized carbons (Fsp3) is 0.611. The maximum Gasteiger partial charge on any atom is 0.251 e. The summed E-state index contributed by atoms with van der Waals surface area (Å²) in [6.07, 6.45) is 4.74. The van der Waals surface area contributed by atoms with Crippen LogP contribution in [0.1, 0.15) is 42.5 Å². The summed E-state index contributed by atoms with van der Waals surface area (Å²) in [5.41, 5.74) is 1.64. The zero-order chi connectivity index (χ0) is 17.1. The van der Waals surface area contributed by atoms with Crippen molar-refractivity contribution in [2.45, 2.75) is 50.4 Å². The Hall–Kier alpha value is -1.11. The van der Waals surface area contributed by atoms with Crippen LogP contribution in [0.5, 0.6) is 0 Å². The minimum absolute atomic E-state index is 0.0295. The maximum atomic E-state index is 12.6. The van der Waals surface area contributed by atoms with Gasteiger partial charge in [0.25, 0.3) is 5.91 Å². The number of hydrogen-bond acceptors (Lipinski definition) is 4. The Morgan fingerprint density at radius 2 is 2.00 bits per heavy atom. The van der Waals surface area contributed by atoms with Crippen molar-refractivity contribution in [3.8, 4) is 0 Å². The quantitative estimate of drug-likeness (QED) is 0.820. The Kier molecular flexibility index (Phi) is 5.79. The molecule has 1 heterocycles. The number of amides is 1. The fourth-order valence-electron chi connectivity index (χ4n) is 3.58. The number of anilines is 1. The highest BCUT2D eigenvalue weighted by atomic mass is 79.9. The number of carbonyl (C=O) groups excluding carboxylic acids is 1. The smallest absolute Gasteiger partial charge is 0.251 e. The van der Waals surface area contributed by atoms with Gasteiger partial charge in [0.1, 0.15) is 0 Å². The predicted octanol–water partition coefficient (Wildman–Crippen LogP) is 2.71. The zero-order valence-electron chi connectivity index (χ0n) is 14.0. The van der Waals surface area contributed by atoms with Crippen molar-refractivity contribution in [3.63, 3.8) is 0 Å². The van der Waals surface area contributed by atoms with Crippen LogP contribution in [0.2, 0.25) is 0 Å². The first-order valence-electron chi connectivity index (χ1n) is 8.62. The third-order valence-electron chi connectivity index (χ3n) is 5.02. The number of nitrogens with zero attached hydrogens (tertiary/aromatic N) is 1. The standard InChI is InChI=1S/C18H25BrN2O3/c1-24-17-4-2-14(3-5-17)20-18(23)12-8-13(19)10-15(9-12)21-7-6-16(22)11-21/h8-10,14,16-17,22H,2-7,11H2,1H3,(H,20,23)/t14?,16-,17?/m0/s1. The molecular formula is C18H25BrN2O3. The molecule has 6 heteroatoms. The number of hydrogen-bond donors (Lipinski definition) is 2. The number of carbonyl (C=O) groups is 1. The largest absolute Gasteiger partial charge is 0.391 e. The van der Waals surface area contributed by atoms with E-state index in [1.807, 2.05) is 18.2 Å². The number of nitrogens with one attached hydrogen (secondary N) is 1. The molecule has 1 aromatic carbocycles. The number of benzene rings is 1. The Labute approximate surface area is 151 Å². The summed E-state index contributed by atoms with van der Waals surface area (Å²) in [6, 6.07) is 5.99. The minimum Gasteiger partial charge on any atom is -0.391 e. The Balaban J connectivity index is 1.65. The lowest BCUT2D eigenvalue weighted by Crippen LogP contribution is -2.39. The highest BCUT2D eigenvalue weighted by Crippen LogP contribution is 2.27. The monoisotopic (exact) mass is 396 g/mol. The highest BCUT2D eigenvalue weighted by molar-refractivity contribution is 9.10. The molecule has 2 aliphatic rings.